The molecule has 57 heavy (non-hydrogen) atoms. The van der Waals surface area contributed by atoms with E-state index in [-0.39, 0.29) is 23.0 Å². The number of carbonyl (C=O) groups excluding carboxylic acids is 1. The van der Waals surface area contributed by atoms with Gasteiger partial charge in [0.1, 0.15) is 5.82 Å². The van der Waals surface area contributed by atoms with Gasteiger partial charge in [0.25, 0.3) is 5.91 Å². The van der Waals surface area contributed by atoms with Crippen LogP contribution < -0.4 is 15.3 Å². The summed E-state index contributed by atoms with van der Waals surface area (Å²) in [5.41, 5.74) is 7.94. The summed E-state index contributed by atoms with van der Waals surface area (Å²) < 4.78 is 0. The first-order chi connectivity index (χ1) is 27.3. The number of aryl methyl sites for hydroxylation is 2. The second-order valence-electron chi connectivity index (χ2n) is 13.9. The van der Waals surface area contributed by atoms with Crippen molar-refractivity contribution in [2.24, 2.45) is 0 Å². The van der Waals surface area contributed by atoms with E-state index in [1.54, 1.807) is 6.07 Å². The molecule has 0 saturated heterocycles. The zero-order valence-corrected chi connectivity index (χ0v) is 33.8. The molecule has 0 fully saturated rings. The van der Waals surface area contributed by atoms with Crippen molar-refractivity contribution in [3.05, 3.63) is 100.0 Å². The van der Waals surface area contributed by atoms with Gasteiger partial charge in [-0.3, -0.25) is 4.79 Å². The number of thiol groups is 3. The van der Waals surface area contributed by atoms with Gasteiger partial charge in [0, 0.05) is 79.4 Å². The molecule has 2 aliphatic heterocycles. The maximum atomic E-state index is 13.9. The molecule has 10 rings (SSSR count). The fourth-order valence-corrected chi connectivity index (χ4v) is 8.10. The van der Waals surface area contributed by atoms with Crippen LogP contribution in [-0.4, -0.2) is 52.3 Å². The van der Waals surface area contributed by atoms with Gasteiger partial charge in [0.05, 0.1) is 29.0 Å². The van der Waals surface area contributed by atoms with Gasteiger partial charge in [-0.05, 0) is 89.7 Å². The Morgan fingerprint density at radius 1 is 0.737 bits per heavy atom. The Hall–Kier alpha value is -5.25. The Morgan fingerprint density at radius 3 is 2.28 bits per heavy atom. The summed E-state index contributed by atoms with van der Waals surface area (Å²) in [6.07, 6.45) is 7.63. The van der Waals surface area contributed by atoms with E-state index in [4.69, 9.17) is 52.5 Å². The molecule has 7 aromatic rings. The zero-order chi connectivity index (χ0) is 38.1. The summed E-state index contributed by atoms with van der Waals surface area (Å²) in [5, 5.41) is 4.60. The molecule has 6 heterocycles. The van der Waals surface area contributed by atoms with Gasteiger partial charge in [-0.15, -0.1) is 37.9 Å². The Bertz CT molecular complexity index is 3010. The molecule has 8 bridgehead atoms. The predicted octanol–water partition coefficient (Wildman–Crippen LogP) is 7.25. The van der Waals surface area contributed by atoms with E-state index in [9.17, 15) is 4.79 Å². The molecule has 0 unspecified atom stereocenters. The fourth-order valence-electron chi connectivity index (χ4n) is 7.45. The molecule has 1 radical (unpaired) electrons. The average molecular weight is 854 g/mol. The molecular weight excluding hydrogens is 822 g/mol. The number of fused-ring (bicyclic) bond motifs is 20. The number of amides is 1. The SMILES string of the molecule is Cc1nc(CCCCNC(=O)c2cccc3c2-c2nc-3nc3[n-]c(nc4nc(nc5[n-]c(n2)c2ccc(S)cc52)-c2cc(S)ccc2-4)c2c3CC=C(S)C2)c[nH]1.[Cu+2]. The van der Waals surface area contributed by atoms with Crippen molar-refractivity contribution in [3.8, 4) is 45.6 Å². The van der Waals surface area contributed by atoms with Gasteiger partial charge < -0.3 is 40.2 Å². The number of carbonyl (C=O) groups is 1. The van der Waals surface area contributed by atoms with Gasteiger partial charge >= 0.3 is 17.1 Å². The number of hydrogen-bond acceptors (Lipinski definition) is 11. The molecule has 16 heteroatoms. The molecule has 0 saturated carbocycles. The standard InChI is InChI=1S/C41H32N11OS3.Cu/c1-19-43-18-20(44-19)5-2-3-14-42-41(53)28-7-4-6-27-32(28)40-51-35-26-13-10-23(56)17-31(26)39(49-35)50-38-30-16-22(55)9-12-25(30)34(48-38)47-37-29-15-21(54)8-11-24(29)33(46-37)45-36(27)52-40;/h4,6-10,12-13,16-18H,2-3,5,11,14-15H2,1H3,(H6-,42,43,44,45,46,47,48,49,50,51,52,53,54,55,56);/q-1;+2/p-1. The molecule has 1 aliphatic carbocycles. The Labute approximate surface area is 353 Å². The summed E-state index contributed by atoms with van der Waals surface area (Å²) in [7, 11) is 0. The van der Waals surface area contributed by atoms with Crippen molar-refractivity contribution < 1.29 is 21.9 Å². The first-order valence-electron chi connectivity index (χ1n) is 18.2. The van der Waals surface area contributed by atoms with Crippen LogP contribution in [0.2, 0.25) is 0 Å². The van der Waals surface area contributed by atoms with E-state index in [1.165, 1.54) is 0 Å². The van der Waals surface area contributed by atoms with E-state index < -0.39 is 0 Å². The van der Waals surface area contributed by atoms with Crippen LogP contribution >= 0.6 is 37.9 Å². The summed E-state index contributed by atoms with van der Waals surface area (Å²) in [4.78, 5) is 64.1. The fraction of sp³-hybridized carbons (Fsp3) is 0.171. The van der Waals surface area contributed by atoms with Crippen molar-refractivity contribution in [3.63, 3.8) is 0 Å². The minimum Gasteiger partial charge on any atom is -0.358 e. The first-order valence-corrected chi connectivity index (χ1v) is 19.5. The average Bonchev–Trinajstić information content (AvgIpc) is 3.99. The van der Waals surface area contributed by atoms with Gasteiger partial charge in [-0.1, -0.05) is 30.3 Å². The Kier molecular flexibility index (Phi) is 9.77. The van der Waals surface area contributed by atoms with Crippen LogP contribution in [-0.2, 0) is 36.3 Å². The zero-order valence-electron chi connectivity index (χ0n) is 30.2. The molecule has 2 N–H and O–H groups in total. The molecule has 1 amide bonds. The third-order valence-corrected chi connectivity index (χ3v) is 11.0. The van der Waals surface area contributed by atoms with Crippen LogP contribution in [0.3, 0.4) is 0 Å². The second-order valence-corrected chi connectivity index (χ2v) is 15.5. The quantitative estimate of drug-likeness (QED) is 0.0655. The largest absolute Gasteiger partial charge is 2.00 e. The number of aromatic nitrogens is 10. The third kappa shape index (κ3) is 6.84. The van der Waals surface area contributed by atoms with Crippen molar-refractivity contribution >= 4 is 77.2 Å². The van der Waals surface area contributed by atoms with Gasteiger partial charge in [0.2, 0.25) is 0 Å². The number of unbranched alkanes of at least 4 members (excludes halogenated alkanes) is 1. The summed E-state index contributed by atoms with van der Waals surface area (Å²) in [6.45, 7) is 2.44. The number of nitrogens with one attached hydrogen (secondary N) is 2. The third-order valence-electron chi connectivity index (χ3n) is 10.1. The number of nitrogens with zero attached hydrogens (tertiary/aromatic N) is 9. The van der Waals surface area contributed by atoms with Gasteiger partial charge in [-0.25, -0.2) is 15.0 Å². The minimum absolute atomic E-state index is 0. The molecule has 0 atom stereocenters. The molecule has 12 nitrogen and oxygen atoms in total. The number of hydrogen-bond donors (Lipinski definition) is 5. The number of aromatic amines is 1. The topological polar surface area (TPSA) is 163 Å². The number of rotatable bonds is 6. The van der Waals surface area contributed by atoms with E-state index in [0.29, 0.717) is 82.0 Å². The number of H-pyrrole nitrogens is 1. The minimum atomic E-state index is -0.229. The van der Waals surface area contributed by atoms with Crippen molar-refractivity contribution in [2.75, 3.05) is 6.54 Å². The molecule has 3 aliphatic rings. The van der Waals surface area contributed by atoms with Crippen LogP contribution in [0.15, 0.2) is 81.6 Å². The molecule has 3 aromatic carbocycles. The van der Waals surface area contributed by atoms with E-state index >= 15 is 0 Å². The maximum absolute atomic E-state index is 13.9. The first kappa shape index (κ1) is 37.3. The molecule has 285 valence electrons. The Balaban J connectivity index is 0.00000422. The Morgan fingerprint density at radius 2 is 1.44 bits per heavy atom. The van der Waals surface area contributed by atoms with Gasteiger partial charge in [0.15, 0.2) is 0 Å². The molecular formula is C41H31CuN11OS3. The second kappa shape index (κ2) is 14.9. The summed E-state index contributed by atoms with van der Waals surface area (Å²) in [5.74, 6) is 2.28. The summed E-state index contributed by atoms with van der Waals surface area (Å²) in [6, 6.07) is 17.0. The van der Waals surface area contributed by atoms with Crippen molar-refractivity contribution in [1.82, 2.24) is 55.2 Å². The number of benzene rings is 3. The van der Waals surface area contributed by atoms with E-state index in [2.05, 4.69) is 46.6 Å². The van der Waals surface area contributed by atoms with Crippen LogP contribution in [0.4, 0.5) is 0 Å². The van der Waals surface area contributed by atoms with Crippen LogP contribution in [0.5, 0.6) is 0 Å². The molecule has 4 aromatic heterocycles. The number of imidazole rings is 1. The molecule has 0 spiro atoms. The predicted molar refractivity (Wildman–Crippen MR) is 224 cm³/mol. The van der Waals surface area contributed by atoms with Gasteiger partial charge in [-0.2, -0.15) is 0 Å². The van der Waals surface area contributed by atoms with Crippen molar-refractivity contribution in [2.45, 2.75) is 48.8 Å². The summed E-state index contributed by atoms with van der Waals surface area (Å²) >= 11 is 14.0. The number of allylic oxidation sites excluding steroid dienone is 2. The van der Waals surface area contributed by atoms with E-state index in [0.717, 1.165) is 78.5 Å². The normalized spacial score (nSPS) is 12.7. The maximum Gasteiger partial charge on any atom is 2.00 e. The van der Waals surface area contributed by atoms with Crippen LogP contribution in [0, 0.1) is 6.92 Å². The van der Waals surface area contributed by atoms with Crippen LogP contribution in [0.1, 0.15) is 45.8 Å². The van der Waals surface area contributed by atoms with E-state index in [1.807, 2.05) is 61.7 Å². The monoisotopic (exact) mass is 852 g/mol. The van der Waals surface area contributed by atoms with Crippen LogP contribution in [0.25, 0.3) is 78.9 Å². The smallest absolute Gasteiger partial charge is 0.358 e. The van der Waals surface area contributed by atoms with Crippen molar-refractivity contribution in [1.29, 1.82) is 0 Å².